The third kappa shape index (κ3) is 3.25. The van der Waals surface area contributed by atoms with E-state index in [1.54, 1.807) is 0 Å². The summed E-state index contributed by atoms with van der Waals surface area (Å²) in [5.74, 6) is -0.575. The Morgan fingerprint density at radius 2 is 2.43 bits per heavy atom. The standard InChI is InChI=1S/C6H7ClF2N4O/c7-1-6(14)10-5-3-13(12-11-5)2-4(8)9/h3-4H,1-2H2,(H,10,14). The van der Waals surface area contributed by atoms with Gasteiger partial charge in [0.2, 0.25) is 5.91 Å². The van der Waals surface area contributed by atoms with Crippen LogP contribution in [0.15, 0.2) is 6.20 Å². The van der Waals surface area contributed by atoms with Gasteiger partial charge in [0.1, 0.15) is 12.4 Å². The van der Waals surface area contributed by atoms with Crippen molar-refractivity contribution in [3.8, 4) is 0 Å². The highest BCUT2D eigenvalue weighted by Gasteiger charge is 2.08. The van der Waals surface area contributed by atoms with Crippen LogP contribution in [0.2, 0.25) is 0 Å². The van der Waals surface area contributed by atoms with Crippen LogP contribution in [-0.4, -0.2) is 33.2 Å². The van der Waals surface area contributed by atoms with Crippen molar-refractivity contribution < 1.29 is 13.6 Å². The number of hydrogen-bond acceptors (Lipinski definition) is 3. The Kier molecular flexibility index (Phi) is 3.75. The van der Waals surface area contributed by atoms with E-state index in [2.05, 4.69) is 15.6 Å². The molecule has 0 aromatic carbocycles. The van der Waals surface area contributed by atoms with Crippen molar-refractivity contribution in [1.29, 1.82) is 0 Å². The van der Waals surface area contributed by atoms with Crippen molar-refractivity contribution in [1.82, 2.24) is 15.0 Å². The maximum atomic E-state index is 11.9. The predicted molar refractivity (Wildman–Crippen MR) is 45.4 cm³/mol. The van der Waals surface area contributed by atoms with Gasteiger partial charge in [-0.3, -0.25) is 4.79 Å². The first-order valence-electron chi connectivity index (χ1n) is 3.66. The molecule has 1 N–H and O–H groups in total. The Morgan fingerprint density at radius 3 is 3.00 bits per heavy atom. The van der Waals surface area contributed by atoms with Gasteiger partial charge in [-0.05, 0) is 0 Å². The predicted octanol–water partition coefficient (Wildman–Crippen LogP) is 0.720. The zero-order valence-electron chi connectivity index (χ0n) is 6.95. The Labute approximate surface area is 83.0 Å². The molecule has 0 bridgehead atoms. The van der Waals surface area contributed by atoms with Crippen molar-refractivity contribution in [2.45, 2.75) is 13.0 Å². The number of anilines is 1. The Hall–Kier alpha value is -1.24. The van der Waals surface area contributed by atoms with Gasteiger partial charge in [0.05, 0.1) is 6.20 Å². The number of nitrogens with one attached hydrogen (secondary N) is 1. The first kappa shape index (κ1) is 10.8. The molecule has 1 aromatic rings. The fraction of sp³-hybridized carbons (Fsp3) is 0.500. The quantitative estimate of drug-likeness (QED) is 0.767. The number of rotatable bonds is 4. The van der Waals surface area contributed by atoms with Gasteiger partial charge in [-0.1, -0.05) is 5.21 Å². The molecule has 1 rings (SSSR count). The molecule has 1 aromatic heterocycles. The molecule has 0 saturated heterocycles. The molecule has 0 unspecified atom stereocenters. The summed E-state index contributed by atoms with van der Waals surface area (Å²) < 4.78 is 24.7. The molecule has 0 radical (unpaired) electrons. The van der Waals surface area contributed by atoms with Crippen LogP contribution < -0.4 is 5.32 Å². The summed E-state index contributed by atoms with van der Waals surface area (Å²) >= 11 is 5.21. The minimum atomic E-state index is -2.51. The van der Waals surface area contributed by atoms with Gasteiger partial charge in [-0.2, -0.15) is 0 Å². The Bertz CT molecular complexity index is 317. The second-order valence-electron chi connectivity index (χ2n) is 2.40. The lowest BCUT2D eigenvalue weighted by Gasteiger charge is -1.96. The summed E-state index contributed by atoms with van der Waals surface area (Å²) in [7, 11) is 0. The monoisotopic (exact) mass is 224 g/mol. The fourth-order valence-corrected chi connectivity index (χ4v) is 0.829. The number of carbonyl (C=O) groups is 1. The van der Waals surface area contributed by atoms with E-state index in [1.807, 2.05) is 0 Å². The van der Waals surface area contributed by atoms with E-state index in [4.69, 9.17) is 11.6 Å². The molecule has 1 heterocycles. The van der Waals surface area contributed by atoms with Gasteiger partial charge in [0, 0.05) is 0 Å². The van der Waals surface area contributed by atoms with Gasteiger partial charge in [-0.15, -0.1) is 16.7 Å². The van der Waals surface area contributed by atoms with Gasteiger partial charge >= 0.3 is 0 Å². The van der Waals surface area contributed by atoms with Gasteiger partial charge < -0.3 is 5.32 Å². The molecule has 0 aliphatic heterocycles. The summed E-state index contributed by atoms with van der Waals surface area (Å²) in [5, 5.41) is 9.09. The van der Waals surface area contributed by atoms with E-state index in [9.17, 15) is 13.6 Å². The summed E-state index contributed by atoms with van der Waals surface area (Å²) in [5.41, 5.74) is 0. The molecule has 8 heteroatoms. The van der Waals surface area contributed by atoms with Crippen LogP contribution in [0.5, 0.6) is 0 Å². The molecule has 0 atom stereocenters. The van der Waals surface area contributed by atoms with E-state index in [1.165, 1.54) is 6.20 Å². The summed E-state index contributed by atoms with van der Waals surface area (Å²) in [6.07, 6.45) is -1.30. The lowest BCUT2D eigenvalue weighted by molar-refractivity contribution is -0.113. The second-order valence-corrected chi connectivity index (χ2v) is 2.67. The molecule has 78 valence electrons. The highest BCUT2D eigenvalue weighted by Crippen LogP contribution is 2.03. The number of alkyl halides is 3. The molecule has 1 amide bonds. The van der Waals surface area contributed by atoms with Crippen molar-refractivity contribution in [2.75, 3.05) is 11.2 Å². The Balaban J connectivity index is 2.55. The zero-order chi connectivity index (χ0) is 10.6. The third-order valence-corrected chi connectivity index (χ3v) is 1.50. The third-order valence-electron chi connectivity index (χ3n) is 1.25. The van der Waals surface area contributed by atoms with Gasteiger partial charge in [0.25, 0.3) is 6.43 Å². The second kappa shape index (κ2) is 4.85. The van der Waals surface area contributed by atoms with Crippen LogP contribution >= 0.6 is 11.6 Å². The van der Waals surface area contributed by atoms with Crippen LogP contribution in [0, 0.1) is 0 Å². The average molecular weight is 225 g/mol. The molecule has 0 fully saturated rings. The highest BCUT2D eigenvalue weighted by atomic mass is 35.5. The number of carbonyl (C=O) groups excluding carboxylic acids is 1. The molecule has 5 nitrogen and oxygen atoms in total. The zero-order valence-corrected chi connectivity index (χ0v) is 7.71. The molecular formula is C6H7ClF2N4O. The van der Waals surface area contributed by atoms with Crippen LogP contribution in [0.3, 0.4) is 0 Å². The minimum absolute atomic E-state index is 0.108. The molecular weight excluding hydrogens is 218 g/mol. The molecule has 0 aliphatic carbocycles. The van der Waals surface area contributed by atoms with E-state index in [0.717, 1.165) is 4.68 Å². The normalized spacial score (nSPS) is 10.6. The van der Waals surface area contributed by atoms with Crippen molar-refractivity contribution in [3.05, 3.63) is 6.20 Å². The first-order chi connectivity index (χ1) is 6.61. The largest absolute Gasteiger partial charge is 0.307 e. The van der Waals surface area contributed by atoms with E-state index in [-0.39, 0.29) is 11.7 Å². The van der Waals surface area contributed by atoms with E-state index < -0.39 is 18.9 Å². The Morgan fingerprint density at radius 1 is 1.71 bits per heavy atom. The maximum Gasteiger partial charge on any atom is 0.257 e. The average Bonchev–Trinajstić information content (AvgIpc) is 2.51. The van der Waals surface area contributed by atoms with Gasteiger partial charge in [0.15, 0.2) is 5.82 Å². The minimum Gasteiger partial charge on any atom is -0.307 e. The smallest absolute Gasteiger partial charge is 0.257 e. The van der Waals surface area contributed by atoms with Crippen molar-refractivity contribution >= 4 is 23.3 Å². The van der Waals surface area contributed by atoms with Crippen LogP contribution in [0.4, 0.5) is 14.6 Å². The number of hydrogen-bond donors (Lipinski definition) is 1. The van der Waals surface area contributed by atoms with Crippen LogP contribution in [-0.2, 0) is 11.3 Å². The SMILES string of the molecule is O=C(CCl)Nc1cn(CC(F)F)nn1. The number of aromatic nitrogens is 3. The van der Waals surface area contributed by atoms with Crippen LogP contribution in [0.1, 0.15) is 0 Å². The number of nitrogens with zero attached hydrogens (tertiary/aromatic N) is 3. The summed E-state index contributed by atoms with van der Waals surface area (Å²) in [4.78, 5) is 10.7. The highest BCUT2D eigenvalue weighted by molar-refractivity contribution is 6.28. The molecule has 14 heavy (non-hydrogen) atoms. The lowest BCUT2D eigenvalue weighted by atomic mass is 10.6. The topological polar surface area (TPSA) is 59.8 Å². The molecule has 0 spiro atoms. The summed E-state index contributed by atoms with van der Waals surface area (Å²) in [6, 6.07) is 0. The van der Waals surface area contributed by atoms with Crippen molar-refractivity contribution in [3.63, 3.8) is 0 Å². The van der Waals surface area contributed by atoms with Gasteiger partial charge in [-0.25, -0.2) is 13.5 Å². The summed E-state index contributed by atoms with van der Waals surface area (Å²) in [6.45, 7) is -0.552. The number of amides is 1. The van der Waals surface area contributed by atoms with E-state index >= 15 is 0 Å². The fourth-order valence-electron chi connectivity index (χ4n) is 0.763. The first-order valence-corrected chi connectivity index (χ1v) is 4.19. The maximum absolute atomic E-state index is 11.9. The lowest BCUT2D eigenvalue weighted by Crippen LogP contribution is -2.12. The molecule has 0 saturated carbocycles. The van der Waals surface area contributed by atoms with E-state index in [0.29, 0.717) is 0 Å². The molecule has 0 aliphatic rings. The van der Waals surface area contributed by atoms with Crippen molar-refractivity contribution in [2.24, 2.45) is 0 Å². The number of halogens is 3. The van der Waals surface area contributed by atoms with Crippen LogP contribution in [0.25, 0.3) is 0 Å².